The van der Waals surface area contributed by atoms with Gasteiger partial charge in [-0.2, -0.15) is 0 Å². The number of aromatic amines is 1. The smallest absolute Gasteiger partial charge is 0.222 e. The van der Waals surface area contributed by atoms with Crippen LogP contribution in [0.4, 0.5) is 0 Å². The number of methoxy groups -OCH3 is 1. The van der Waals surface area contributed by atoms with Gasteiger partial charge in [-0.1, -0.05) is 26.0 Å². The summed E-state index contributed by atoms with van der Waals surface area (Å²) in [6, 6.07) is 5.68. The van der Waals surface area contributed by atoms with Gasteiger partial charge in [0.05, 0.1) is 18.7 Å². The maximum absolute atomic E-state index is 12.9. The van der Waals surface area contributed by atoms with Crippen LogP contribution in [0.1, 0.15) is 47.8 Å². The van der Waals surface area contributed by atoms with Crippen LogP contribution in [0.5, 0.6) is 17.5 Å². The van der Waals surface area contributed by atoms with E-state index < -0.39 is 23.7 Å². The van der Waals surface area contributed by atoms with Gasteiger partial charge in [-0.25, -0.2) is 0 Å². The van der Waals surface area contributed by atoms with Crippen LogP contribution in [0.25, 0.3) is 0 Å². The van der Waals surface area contributed by atoms with E-state index in [0.717, 1.165) is 5.56 Å². The van der Waals surface area contributed by atoms with Gasteiger partial charge < -0.3 is 26.0 Å². The molecule has 0 bridgehead atoms. The molecule has 0 fully saturated rings. The van der Waals surface area contributed by atoms with E-state index in [1.165, 1.54) is 6.92 Å². The Bertz CT molecular complexity index is 842. The minimum absolute atomic E-state index is 0.00776. The van der Waals surface area contributed by atoms with Crippen molar-refractivity contribution in [2.45, 2.75) is 39.3 Å². The molecule has 1 unspecified atom stereocenters. The lowest BCUT2D eigenvalue weighted by atomic mass is 9.93. The molecule has 1 amide bonds. The van der Waals surface area contributed by atoms with Gasteiger partial charge in [-0.3, -0.25) is 14.6 Å². The number of aromatic hydroxyl groups is 2. The molecule has 28 heavy (non-hydrogen) atoms. The summed E-state index contributed by atoms with van der Waals surface area (Å²) in [7, 11) is 1.56. The van der Waals surface area contributed by atoms with E-state index in [9.17, 15) is 19.8 Å². The van der Waals surface area contributed by atoms with Crippen LogP contribution < -0.4 is 15.8 Å². The van der Waals surface area contributed by atoms with Crippen molar-refractivity contribution >= 4 is 11.7 Å². The molecule has 0 spiro atoms. The SMILES string of the molecule is COc1ccc(C(N)CC(=O)N[C@H](C(=O)c2c(O)[nH]c(O)c2C)C(C)C)cc1. The number of nitrogens with one attached hydrogen (secondary N) is 2. The molecule has 0 aliphatic heterocycles. The molecule has 0 saturated heterocycles. The molecule has 8 heteroatoms. The second kappa shape index (κ2) is 8.79. The van der Waals surface area contributed by atoms with Crippen LogP contribution in [0.2, 0.25) is 0 Å². The van der Waals surface area contributed by atoms with Crippen LogP contribution in [-0.4, -0.2) is 40.0 Å². The van der Waals surface area contributed by atoms with Crippen molar-refractivity contribution in [3.63, 3.8) is 0 Å². The highest BCUT2D eigenvalue weighted by Gasteiger charge is 2.31. The number of nitrogens with two attached hydrogens (primary N) is 1. The first kappa shape index (κ1) is 21.3. The topological polar surface area (TPSA) is 138 Å². The Labute approximate surface area is 163 Å². The first-order chi connectivity index (χ1) is 13.1. The van der Waals surface area contributed by atoms with Gasteiger partial charge in [0.1, 0.15) is 5.75 Å². The van der Waals surface area contributed by atoms with Gasteiger partial charge in [-0.05, 0) is 30.5 Å². The fourth-order valence-electron chi connectivity index (χ4n) is 2.96. The lowest BCUT2D eigenvalue weighted by molar-refractivity contribution is -0.122. The molecule has 2 rings (SSSR count). The summed E-state index contributed by atoms with van der Waals surface area (Å²) in [6.07, 6.45) is -0.00776. The van der Waals surface area contributed by atoms with E-state index in [2.05, 4.69) is 10.3 Å². The van der Waals surface area contributed by atoms with Gasteiger partial charge in [0, 0.05) is 18.0 Å². The zero-order valence-electron chi connectivity index (χ0n) is 16.4. The number of rotatable bonds is 8. The second-order valence-electron chi connectivity index (χ2n) is 7.06. The molecule has 2 atom stereocenters. The lowest BCUT2D eigenvalue weighted by Gasteiger charge is -2.22. The summed E-state index contributed by atoms with van der Waals surface area (Å²) in [5.41, 5.74) is 7.09. The zero-order valence-corrected chi connectivity index (χ0v) is 16.4. The van der Waals surface area contributed by atoms with Crippen LogP contribution in [0, 0.1) is 12.8 Å². The number of carbonyl (C=O) groups is 2. The van der Waals surface area contributed by atoms with Crippen molar-refractivity contribution in [1.29, 1.82) is 0 Å². The van der Waals surface area contributed by atoms with Crippen LogP contribution in [0.3, 0.4) is 0 Å². The summed E-state index contributed by atoms with van der Waals surface area (Å²) in [5.74, 6) is -1.11. The normalized spacial score (nSPS) is 13.2. The molecular weight excluding hydrogens is 362 g/mol. The third-order valence-electron chi connectivity index (χ3n) is 4.67. The Balaban J connectivity index is 2.10. The summed E-state index contributed by atoms with van der Waals surface area (Å²) < 4.78 is 5.10. The molecule has 8 nitrogen and oxygen atoms in total. The van der Waals surface area contributed by atoms with E-state index in [-0.39, 0.29) is 35.3 Å². The average Bonchev–Trinajstić information content (AvgIpc) is 2.90. The number of amides is 1. The Morgan fingerprint density at radius 3 is 2.25 bits per heavy atom. The number of ether oxygens (including phenoxy) is 1. The summed E-state index contributed by atoms with van der Waals surface area (Å²) in [6.45, 7) is 5.08. The number of Topliss-reactive ketones (excluding diaryl/α,β-unsaturated/α-hetero) is 1. The monoisotopic (exact) mass is 389 g/mol. The lowest BCUT2D eigenvalue weighted by Crippen LogP contribution is -2.45. The fraction of sp³-hybridized carbons (Fsp3) is 0.400. The van der Waals surface area contributed by atoms with Crippen LogP contribution >= 0.6 is 0 Å². The Hall–Kier alpha value is -3.00. The van der Waals surface area contributed by atoms with E-state index >= 15 is 0 Å². The minimum atomic E-state index is -0.865. The van der Waals surface area contributed by atoms with Gasteiger partial charge in [0.15, 0.2) is 11.7 Å². The average molecular weight is 389 g/mol. The Kier molecular flexibility index (Phi) is 6.69. The predicted molar refractivity (Wildman–Crippen MR) is 104 cm³/mol. The standard InChI is InChI=1S/C20H27N3O5/c1-10(2)17(18(25)16-11(3)19(26)23-20(16)27)22-15(24)9-14(21)12-5-7-13(28-4)8-6-12/h5-8,10,14,17,23,26-27H,9,21H2,1-4H3,(H,22,24)/t14?,17-/m0/s1. The molecule has 152 valence electrons. The van der Waals surface area contributed by atoms with E-state index in [1.807, 2.05) is 0 Å². The maximum Gasteiger partial charge on any atom is 0.222 e. The molecular formula is C20H27N3O5. The molecule has 0 aliphatic rings. The Morgan fingerprint density at radius 1 is 1.18 bits per heavy atom. The highest BCUT2D eigenvalue weighted by atomic mass is 16.5. The number of benzene rings is 1. The molecule has 2 aromatic rings. The zero-order chi connectivity index (χ0) is 21.0. The molecule has 0 aliphatic carbocycles. The van der Waals surface area contributed by atoms with Gasteiger partial charge in [0.2, 0.25) is 11.8 Å². The predicted octanol–water partition coefficient (Wildman–Crippen LogP) is 2.16. The first-order valence-corrected chi connectivity index (χ1v) is 8.99. The molecule has 1 aromatic carbocycles. The van der Waals surface area contributed by atoms with Gasteiger partial charge in [-0.15, -0.1) is 0 Å². The van der Waals surface area contributed by atoms with Crippen molar-refractivity contribution in [3.8, 4) is 17.5 Å². The number of hydrogen-bond acceptors (Lipinski definition) is 6. The highest BCUT2D eigenvalue weighted by molar-refractivity contribution is 6.05. The molecule has 6 N–H and O–H groups in total. The number of ketones is 1. The molecule has 0 saturated carbocycles. The van der Waals surface area contributed by atoms with E-state index in [4.69, 9.17) is 10.5 Å². The summed E-state index contributed by atoms with van der Waals surface area (Å²) in [4.78, 5) is 27.7. The molecule has 1 aromatic heterocycles. The van der Waals surface area contributed by atoms with Crippen molar-refractivity contribution in [1.82, 2.24) is 10.3 Å². The minimum Gasteiger partial charge on any atom is -0.497 e. The van der Waals surface area contributed by atoms with Crippen molar-refractivity contribution in [2.24, 2.45) is 11.7 Å². The van der Waals surface area contributed by atoms with Gasteiger partial charge in [0.25, 0.3) is 0 Å². The summed E-state index contributed by atoms with van der Waals surface area (Å²) in [5, 5.41) is 22.3. The van der Waals surface area contributed by atoms with E-state index in [0.29, 0.717) is 5.75 Å². The van der Waals surface area contributed by atoms with Crippen molar-refractivity contribution in [3.05, 3.63) is 41.0 Å². The number of hydrogen-bond donors (Lipinski definition) is 5. The molecule has 1 heterocycles. The highest BCUT2D eigenvalue weighted by Crippen LogP contribution is 2.30. The maximum atomic E-state index is 12.9. The van der Waals surface area contributed by atoms with Gasteiger partial charge >= 0.3 is 0 Å². The third kappa shape index (κ3) is 4.64. The van der Waals surface area contributed by atoms with Crippen LogP contribution in [0.15, 0.2) is 24.3 Å². The largest absolute Gasteiger partial charge is 0.497 e. The Morgan fingerprint density at radius 2 is 1.79 bits per heavy atom. The van der Waals surface area contributed by atoms with Crippen LogP contribution in [-0.2, 0) is 4.79 Å². The number of carbonyl (C=O) groups excluding carboxylic acids is 2. The van der Waals surface area contributed by atoms with E-state index in [1.54, 1.807) is 45.2 Å². The summed E-state index contributed by atoms with van der Waals surface area (Å²) >= 11 is 0. The van der Waals surface area contributed by atoms with Crippen molar-refractivity contribution < 1.29 is 24.5 Å². The quantitative estimate of drug-likeness (QED) is 0.439. The first-order valence-electron chi connectivity index (χ1n) is 8.99. The fourth-order valence-corrected chi connectivity index (χ4v) is 2.96. The third-order valence-corrected chi connectivity index (χ3v) is 4.67. The number of H-pyrrole nitrogens is 1. The second-order valence-corrected chi connectivity index (χ2v) is 7.06. The van der Waals surface area contributed by atoms with Crippen molar-refractivity contribution in [2.75, 3.05) is 7.11 Å². The number of aromatic nitrogens is 1. The molecule has 0 radical (unpaired) electrons.